The molecule has 1 amide bonds. The van der Waals surface area contributed by atoms with Crippen LogP contribution in [-0.4, -0.2) is 27.8 Å². The van der Waals surface area contributed by atoms with Gasteiger partial charge in [-0.1, -0.05) is 22.0 Å². The van der Waals surface area contributed by atoms with Crippen LogP contribution in [0.2, 0.25) is 0 Å². The van der Waals surface area contributed by atoms with E-state index in [-0.39, 0.29) is 18.0 Å². The Morgan fingerprint density at radius 2 is 2.23 bits per heavy atom. The third-order valence-electron chi connectivity index (χ3n) is 3.17. The van der Waals surface area contributed by atoms with Crippen LogP contribution in [0.15, 0.2) is 45.0 Å². The Kier molecular flexibility index (Phi) is 4.08. The number of fused-ring (bicyclic) bond motifs is 1. The number of aromatic nitrogens is 2. The number of carbonyl (C=O) groups is 1. The summed E-state index contributed by atoms with van der Waals surface area (Å²) in [6.07, 6.45) is 0. The molecule has 0 saturated carbocycles. The van der Waals surface area contributed by atoms with Gasteiger partial charge in [0.25, 0.3) is 11.5 Å². The summed E-state index contributed by atoms with van der Waals surface area (Å²) < 4.78 is 1.45. The van der Waals surface area contributed by atoms with Gasteiger partial charge < -0.3 is 9.88 Å². The Bertz CT molecular complexity index is 903. The van der Waals surface area contributed by atoms with Crippen LogP contribution in [0.3, 0.4) is 0 Å². The Balaban J connectivity index is 1.84. The van der Waals surface area contributed by atoms with E-state index in [0.29, 0.717) is 21.6 Å². The molecule has 112 valence electrons. The summed E-state index contributed by atoms with van der Waals surface area (Å²) in [7, 11) is 1.68. The molecule has 0 bridgehead atoms. The van der Waals surface area contributed by atoms with Crippen molar-refractivity contribution in [3.63, 3.8) is 0 Å². The predicted octanol–water partition coefficient (Wildman–Crippen LogP) is 3.02. The van der Waals surface area contributed by atoms with Crippen LogP contribution in [-0.2, 0) is 6.54 Å². The van der Waals surface area contributed by atoms with Crippen LogP contribution in [0.4, 0.5) is 0 Å². The number of H-pyrrole nitrogens is 1. The van der Waals surface area contributed by atoms with Crippen molar-refractivity contribution >= 4 is 43.4 Å². The Hall–Kier alpha value is -1.99. The first-order valence-corrected chi connectivity index (χ1v) is 8.19. The first-order valence-electron chi connectivity index (χ1n) is 6.52. The Morgan fingerprint density at radius 1 is 1.41 bits per heavy atom. The van der Waals surface area contributed by atoms with Gasteiger partial charge in [-0.05, 0) is 29.6 Å². The molecule has 1 N–H and O–H groups in total. The maximum absolute atomic E-state index is 12.4. The molecule has 22 heavy (non-hydrogen) atoms. The predicted molar refractivity (Wildman–Crippen MR) is 90.2 cm³/mol. The number of carbonyl (C=O) groups excluding carboxylic acids is 1. The van der Waals surface area contributed by atoms with Gasteiger partial charge in [0.2, 0.25) is 0 Å². The van der Waals surface area contributed by atoms with Gasteiger partial charge in [0, 0.05) is 17.1 Å². The molecule has 1 aromatic carbocycles. The van der Waals surface area contributed by atoms with E-state index >= 15 is 0 Å². The van der Waals surface area contributed by atoms with Crippen molar-refractivity contribution in [1.82, 2.24) is 14.9 Å². The number of hydrogen-bond acceptors (Lipinski definition) is 4. The molecule has 5 nitrogen and oxygen atoms in total. The van der Waals surface area contributed by atoms with Crippen LogP contribution < -0.4 is 5.56 Å². The van der Waals surface area contributed by atoms with Crippen molar-refractivity contribution in [2.45, 2.75) is 6.54 Å². The number of nitrogens with one attached hydrogen (secondary N) is 1. The molecular weight excluding hydrogens is 366 g/mol. The first-order chi connectivity index (χ1) is 10.5. The van der Waals surface area contributed by atoms with Crippen LogP contribution in [0.5, 0.6) is 0 Å². The van der Waals surface area contributed by atoms with Gasteiger partial charge in [0.1, 0.15) is 10.5 Å². The largest absolute Gasteiger partial charge is 0.334 e. The third kappa shape index (κ3) is 2.95. The molecule has 2 heterocycles. The minimum absolute atomic E-state index is 0.130. The molecule has 0 spiro atoms. The lowest BCUT2D eigenvalue weighted by Crippen LogP contribution is -2.28. The van der Waals surface area contributed by atoms with Crippen LogP contribution >= 0.6 is 27.3 Å². The highest BCUT2D eigenvalue weighted by Crippen LogP contribution is 2.16. The minimum atomic E-state index is -0.168. The SMILES string of the molecule is CN(Cc1nc2ccsc2c(=O)[nH]1)C(=O)c1cccc(Br)c1. The van der Waals surface area contributed by atoms with E-state index in [0.717, 1.165) is 4.47 Å². The number of hydrogen-bond donors (Lipinski definition) is 1. The molecule has 7 heteroatoms. The standard InChI is InChI=1S/C15H12BrN3O2S/c1-19(15(21)9-3-2-4-10(16)7-9)8-12-17-11-5-6-22-13(11)14(20)18-12/h2-7H,8H2,1H3,(H,17,18,20). The number of nitrogens with zero attached hydrogens (tertiary/aromatic N) is 2. The molecule has 0 aliphatic heterocycles. The lowest BCUT2D eigenvalue weighted by molar-refractivity contribution is 0.0781. The summed E-state index contributed by atoms with van der Waals surface area (Å²) in [5.74, 6) is 0.344. The molecule has 0 atom stereocenters. The fraction of sp³-hybridized carbons (Fsp3) is 0.133. The van der Waals surface area contributed by atoms with E-state index in [1.54, 1.807) is 25.2 Å². The van der Waals surface area contributed by atoms with Crippen molar-refractivity contribution in [3.8, 4) is 0 Å². The van der Waals surface area contributed by atoms with Crippen LogP contribution in [0.25, 0.3) is 10.2 Å². The molecule has 0 fully saturated rings. The van der Waals surface area contributed by atoms with E-state index in [9.17, 15) is 9.59 Å². The maximum atomic E-state index is 12.4. The van der Waals surface area contributed by atoms with Gasteiger partial charge in [-0.15, -0.1) is 11.3 Å². The fourth-order valence-corrected chi connectivity index (χ4v) is 3.26. The van der Waals surface area contributed by atoms with E-state index in [2.05, 4.69) is 25.9 Å². The van der Waals surface area contributed by atoms with Gasteiger partial charge in [-0.2, -0.15) is 0 Å². The smallest absolute Gasteiger partial charge is 0.268 e. The van der Waals surface area contributed by atoms with Crippen LogP contribution in [0.1, 0.15) is 16.2 Å². The molecule has 0 aliphatic carbocycles. The molecular formula is C15H12BrN3O2S. The summed E-state index contributed by atoms with van der Waals surface area (Å²) in [6, 6.07) is 8.98. The van der Waals surface area contributed by atoms with E-state index < -0.39 is 0 Å². The van der Waals surface area contributed by atoms with Gasteiger partial charge >= 0.3 is 0 Å². The van der Waals surface area contributed by atoms with Crippen molar-refractivity contribution in [2.75, 3.05) is 7.05 Å². The Morgan fingerprint density at radius 3 is 3.00 bits per heavy atom. The number of amides is 1. The summed E-state index contributed by atoms with van der Waals surface area (Å²) in [4.78, 5) is 33.0. The van der Waals surface area contributed by atoms with Crippen LogP contribution in [0, 0.1) is 0 Å². The number of halogens is 1. The monoisotopic (exact) mass is 377 g/mol. The highest BCUT2D eigenvalue weighted by Gasteiger charge is 2.14. The number of thiophene rings is 1. The summed E-state index contributed by atoms with van der Waals surface area (Å²) in [5.41, 5.74) is 1.07. The average molecular weight is 378 g/mol. The van der Waals surface area contributed by atoms with Gasteiger partial charge in [0.05, 0.1) is 12.1 Å². The second-order valence-electron chi connectivity index (χ2n) is 4.82. The molecule has 0 radical (unpaired) electrons. The summed E-state index contributed by atoms with van der Waals surface area (Å²) >= 11 is 4.70. The zero-order chi connectivity index (χ0) is 15.7. The quantitative estimate of drug-likeness (QED) is 0.762. The van der Waals surface area contributed by atoms with E-state index in [1.807, 2.05) is 17.5 Å². The average Bonchev–Trinajstić information content (AvgIpc) is 2.95. The molecule has 0 aliphatic rings. The summed E-state index contributed by atoms with van der Waals surface area (Å²) in [6.45, 7) is 0.242. The fourth-order valence-electron chi connectivity index (χ4n) is 2.13. The van der Waals surface area contributed by atoms with Gasteiger partial charge in [-0.25, -0.2) is 4.98 Å². The molecule has 2 aromatic heterocycles. The third-order valence-corrected chi connectivity index (χ3v) is 4.56. The van der Waals surface area contributed by atoms with Crippen molar-refractivity contribution in [1.29, 1.82) is 0 Å². The molecule has 3 rings (SSSR count). The number of rotatable bonds is 3. The minimum Gasteiger partial charge on any atom is -0.334 e. The van der Waals surface area contributed by atoms with Crippen molar-refractivity contribution < 1.29 is 4.79 Å². The highest BCUT2D eigenvalue weighted by atomic mass is 79.9. The maximum Gasteiger partial charge on any atom is 0.268 e. The normalized spacial score (nSPS) is 10.8. The lowest BCUT2D eigenvalue weighted by atomic mass is 10.2. The number of benzene rings is 1. The number of aromatic amines is 1. The zero-order valence-electron chi connectivity index (χ0n) is 11.7. The second kappa shape index (κ2) is 6.02. The van der Waals surface area contributed by atoms with Gasteiger partial charge in [0.15, 0.2) is 0 Å². The highest BCUT2D eigenvalue weighted by molar-refractivity contribution is 9.10. The topological polar surface area (TPSA) is 66.1 Å². The zero-order valence-corrected chi connectivity index (χ0v) is 14.1. The second-order valence-corrected chi connectivity index (χ2v) is 6.65. The van der Waals surface area contributed by atoms with Crippen molar-refractivity contribution in [3.05, 3.63) is 61.9 Å². The molecule has 0 saturated heterocycles. The summed E-state index contributed by atoms with van der Waals surface area (Å²) in [5, 5.41) is 1.83. The Labute approximate surface area is 138 Å². The molecule has 0 unspecified atom stereocenters. The van der Waals surface area contributed by atoms with Gasteiger partial charge in [-0.3, -0.25) is 9.59 Å². The van der Waals surface area contributed by atoms with Crippen molar-refractivity contribution in [2.24, 2.45) is 0 Å². The first kappa shape index (κ1) is 14.9. The van der Waals surface area contributed by atoms with E-state index in [4.69, 9.17) is 0 Å². The van der Waals surface area contributed by atoms with E-state index in [1.165, 1.54) is 16.2 Å². The lowest BCUT2D eigenvalue weighted by Gasteiger charge is -2.16. The molecule has 3 aromatic rings.